The summed E-state index contributed by atoms with van der Waals surface area (Å²) in [4.78, 5) is 4.52. The zero-order chi connectivity index (χ0) is 20.4. The fourth-order valence-electron chi connectivity index (χ4n) is 3.10. The maximum Gasteiger partial charge on any atom is 0.128 e. The van der Waals surface area contributed by atoms with Gasteiger partial charge >= 0.3 is 0 Å². The molecule has 29 heavy (non-hydrogen) atoms. The molecule has 0 spiro atoms. The van der Waals surface area contributed by atoms with Crippen molar-refractivity contribution in [3.63, 3.8) is 0 Å². The lowest BCUT2D eigenvalue weighted by molar-refractivity contribution is 0.301. The largest absolute Gasteiger partial charge is 0.507 e. The highest BCUT2D eigenvalue weighted by Crippen LogP contribution is 2.40. The molecule has 2 N–H and O–H groups in total. The van der Waals surface area contributed by atoms with E-state index in [4.69, 9.17) is 4.74 Å². The van der Waals surface area contributed by atoms with Crippen molar-refractivity contribution in [2.75, 3.05) is 0 Å². The van der Waals surface area contributed by atoms with Crippen molar-refractivity contribution in [3.05, 3.63) is 70.6 Å². The van der Waals surface area contributed by atoms with Gasteiger partial charge in [-0.25, -0.2) is 9.37 Å². The second kappa shape index (κ2) is 8.05. The Morgan fingerprint density at radius 3 is 2.66 bits per heavy atom. The second-order valence-electron chi connectivity index (χ2n) is 6.70. The van der Waals surface area contributed by atoms with Crippen LogP contribution in [-0.2, 0) is 13.0 Å². The number of nitrogens with one attached hydrogen (secondary N) is 1. The fraction of sp³-hybridized carbons (Fsp3) is 0.182. The quantitative estimate of drug-likeness (QED) is 0.441. The summed E-state index contributed by atoms with van der Waals surface area (Å²) in [6, 6.07) is 9.70. The van der Waals surface area contributed by atoms with Gasteiger partial charge in [0.1, 0.15) is 28.9 Å². The van der Waals surface area contributed by atoms with Gasteiger partial charge in [-0.05, 0) is 42.7 Å². The maximum atomic E-state index is 13.1. The van der Waals surface area contributed by atoms with Gasteiger partial charge in [0.15, 0.2) is 0 Å². The van der Waals surface area contributed by atoms with Crippen LogP contribution >= 0.6 is 11.3 Å². The molecule has 0 saturated carbocycles. The van der Waals surface area contributed by atoms with E-state index in [1.807, 2.05) is 25.3 Å². The topological polar surface area (TPSA) is 71.0 Å². The van der Waals surface area contributed by atoms with Crippen LogP contribution in [0.3, 0.4) is 0 Å². The van der Waals surface area contributed by atoms with Gasteiger partial charge < -0.3 is 9.84 Å². The normalized spacial score (nSPS) is 11.0. The van der Waals surface area contributed by atoms with Crippen molar-refractivity contribution < 1.29 is 14.2 Å². The van der Waals surface area contributed by atoms with Crippen molar-refractivity contribution in [3.8, 4) is 33.3 Å². The number of aromatic hydroxyl groups is 1. The molecular formula is C22H20FN3O2S. The van der Waals surface area contributed by atoms with E-state index >= 15 is 0 Å². The predicted molar refractivity (Wildman–Crippen MR) is 112 cm³/mol. The summed E-state index contributed by atoms with van der Waals surface area (Å²) in [5, 5.41) is 20.7. The van der Waals surface area contributed by atoms with Gasteiger partial charge in [0, 0.05) is 22.7 Å². The van der Waals surface area contributed by atoms with Crippen molar-refractivity contribution in [2.45, 2.75) is 26.9 Å². The van der Waals surface area contributed by atoms with Crippen LogP contribution < -0.4 is 4.74 Å². The Kier molecular flexibility index (Phi) is 5.31. The van der Waals surface area contributed by atoms with Crippen LogP contribution in [0, 0.1) is 12.7 Å². The lowest BCUT2D eigenvalue weighted by Crippen LogP contribution is -1.99. The van der Waals surface area contributed by atoms with E-state index in [2.05, 4.69) is 15.2 Å². The summed E-state index contributed by atoms with van der Waals surface area (Å²) < 4.78 is 19.0. The van der Waals surface area contributed by atoms with Crippen molar-refractivity contribution in [1.29, 1.82) is 0 Å². The number of halogens is 1. The number of phenolic OH excluding ortho intramolecular Hbond substituents is 1. The molecule has 0 atom stereocenters. The van der Waals surface area contributed by atoms with Crippen LogP contribution in [-0.4, -0.2) is 20.3 Å². The lowest BCUT2D eigenvalue weighted by atomic mass is 10.0. The zero-order valence-corrected chi connectivity index (χ0v) is 16.9. The van der Waals surface area contributed by atoms with Crippen LogP contribution in [0.2, 0.25) is 0 Å². The minimum atomic E-state index is -0.282. The molecule has 2 heterocycles. The van der Waals surface area contributed by atoms with Gasteiger partial charge in [0.25, 0.3) is 0 Å². The third kappa shape index (κ3) is 4.00. The van der Waals surface area contributed by atoms with Crippen LogP contribution in [0.1, 0.15) is 23.7 Å². The molecule has 0 fully saturated rings. The molecular weight excluding hydrogens is 389 g/mol. The molecule has 0 saturated heterocycles. The number of aryl methyl sites for hydroxylation is 2. The van der Waals surface area contributed by atoms with Crippen LogP contribution in [0.25, 0.3) is 21.8 Å². The molecule has 4 rings (SSSR count). The number of phenols is 1. The first-order valence-corrected chi connectivity index (χ1v) is 10.1. The van der Waals surface area contributed by atoms with E-state index < -0.39 is 0 Å². The molecule has 4 aromatic rings. The molecule has 5 nitrogen and oxygen atoms in total. The van der Waals surface area contributed by atoms with Crippen molar-refractivity contribution in [2.24, 2.45) is 0 Å². The maximum absolute atomic E-state index is 13.1. The number of ether oxygens (including phenoxy) is 1. The van der Waals surface area contributed by atoms with E-state index in [0.717, 1.165) is 39.5 Å². The summed E-state index contributed by atoms with van der Waals surface area (Å²) >= 11 is 1.54. The number of hydrogen-bond donors (Lipinski definition) is 2. The Morgan fingerprint density at radius 2 is 1.97 bits per heavy atom. The zero-order valence-electron chi connectivity index (χ0n) is 16.1. The Labute approximate surface area is 171 Å². The molecule has 2 aromatic carbocycles. The standard InChI is InChI=1S/C22H20FN3O2S/c1-3-15-8-17(21-18(10-24-26-21)22-25-13(2)12-29-22)19(27)9-20(15)28-11-14-4-6-16(23)7-5-14/h4-10,12,27H,3,11H2,1-2H3,(H,24,26). The smallest absolute Gasteiger partial charge is 0.128 e. The summed E-state index contributed by atoms with van der Waals surface area (Å²) in [6.45, 7) is 4.26. The summed E-state index contributed by atoms with van der Waals surface area (Å²) in [5.74, 6) is 0.412. The van der Waals surface area contributed by atoms with E-state index in [1.54, 1.807) is 24.4 Å². The molecule has 0 aliphatic heterocycles. The van der Waals surface area contributed by atoms with Crippen molar-refractivity contribution in [1.82, 2.24) is 15.2 Å². The van der Waals surface area contributed by atoms with Gasteiger partial charge in [-0.3, -0.25) is 5.10 Å². The number of thiazole rings is 1. The van der Waals surface area contributed by atoms with E-state index in [9.17, 15) is 9.50 Å². The van der Waals surface area contributed by atoms with Crippen LogP contribution in [0.15, 0.2) is 48.0 Å². The lowest BCUT2D eigenvalue weighted by Gasteiger charge is -2.14. The molecule has 0 amide bonds. The summed E-state index contributed by atoms with van der Waals surface area (Å²) in [6.07, 6.45) is 2.45. The molecule has 0 aliphatic carbocycles. The molecule has 7 heteroatoms. The third-order valence-electron chi connectivity index (χ3n) is 4.63. The second-order valence-corrected chi connectivity index (χ2v) is 7.56. The first-order chi connectivity index (χ1) is 14.0. The average molecular weight is 409 g/mol. The highest BCUT2D eigenvalue weighted by Gasteiger charge is 2.18. The first kappa shape index (κ1) is 19.1. The van der Waals surface area contributed by atoms with Gasteiger partial charge in [0.2, 0.25) is 0 Å². The highest BCUT2D eigenvalue weighted by atomic mass is 32.1. The number of nitrogens with zero attached hydrogens (tertiary/aromatic N) is 2. The van der Waals surface area contributed by atoms with E-state index in [0.29, 0.717) is 17.9 Å². The SMILES string of the molecule is CCc1cc(-c2[nH]ncc2-c2nc(C)cs2)c(O)cc1OCc1ccc(F)cc1. The van der Waals surface area contributed by atoms with Crippen molar-refractivity contribution >= 4 is 11.3 Å². The molecule has 0 radical (unpaired) electrons. The monoisotopic (exact) mass is 409 g/mol. The fourth-order valence-corrected chi connectivity index (χ4v) is 3.91. The van der Waals surface area contributed by atoms with E-state index in [-0.39, 0.29) is 11.6 Å². The number of aromatic nitrogens is 3. The van der Waals surface area contributed by atoms with Crippen LogP contribution in [0.5, 0.6) is 11.5 Å². The van der Waals surface area contributed by atoms with Crippen LogP contribution in [0.4, 0.5) is 4.39 Å². The Balaban J connectivity index is 1.65. The number of H-pyrrole nitrogens is 1. The molecule has 148 valence electrons. The Bertz CT molecular complexity index is 1140. The summed E-state index contributed by atoms with van der Waals surface area (Å²) in [7, 11) is 0. The van der Waals surface area contributed by atoms with Gasteiger partial charge in [-0.2, -0.15) is 5.10 Å². The number of benzene rings is 2. The highest BCUT2D eigenvalue weighted by molar-refractivity contribution is 7.13. The van der Waals surface area contributed by atoms with Gasteiger partial charge in [-0.15, -0.1) is 11.3 Å². The predicted octanol–water partition coefficient (Wildman–Crippen LogP) is 5.49. The van der Waals surface area contributed by atoms with Gasteiger partial charge in [-0.1, -0.05) is 19.1 Å². The average Bonchev–Trinajstić information content (AvgIpc) is 3.36. The van der Waals surface area contributed by atoms with E-state index in [1.165, 1.54) is 23.5 Å². The number of rotatable bonds is 6. The minimum absolute atomic E-state index is 0.0927. The summed E-state index contributed by atoms with van der Waals surface area (Å²) in [5.41, 5.74) is 4.97. The number of hydrogen-bond acceptors (Lipinski definition) is 5. The minimum Gasteiger partial charge on any atom is -0.507 e. The Morgan fingerprint density at radius 1 is 1.17 bits per heavy atom. The molecule has 0 unspecified atom stereocenters. The molecule has 0 bridgehead atoms. The molecule has 0 aliphatic rings. The van der Waals surface area contributed by atoms with Gasteiger partial charge in [0.05, 0.1) is 17.5 Å². The molecule has 2 aromatic heterocycles. The Hall–Kier alpha value is -3.19. The number of aromatic amines is 1. The third-order valence-corrected chi connectivity index (χ3v) is 5.62. The first-order valence-electron chi connectivity index (χ1n) is 9.24.